The van der Waals surface area contributed by atoms with Crippen LogP contribution in [-0.2, 0) is 4.79 Å². The van der Waals surface area contributed by atoms with Crippen molar-refractivity contribution >= 4 is 29.3 Å². The van der Waals surface area contributed by atoms with Crippen molar-refractivity contribution in [1.29, 1.82) is 0 Å². The van der Waals surface area contributed by atoms with Gasteiger partial charge in [-0.3, -0.25) is 9.59 Å². The topological polar surface area (TPSA) is 95.1 Å². The molecule has 2 amide bonds. The van der Waals surface area contributed by atoms with Crippen LogP contribution in [-0.4, -0.2) is 39.2 Å². The molecule has 4 rings (SSSR count). The van der Waals surface area contributed by atoms with Crippen LogP contribution in [0.4, 0.5) is 11.4 Å². The third-order valence-corrected chi connectivity index (χ3v) is 5.35. The van der Waals surface area contributed by atoms with Crippen LogP contribution in [0.3, 0.4) is 0 Å². The van der Waals surface area contributed by atoms with Crippen molar-refractivity contribution in [3.8, 4) is 23.0 Å². The first-order chi connectivity index (χ1) is 17.0. The Kier molecular flexibility index (Phi) is 7.21. The second-order valence-corrected chi connectivity index (χ2v) is 7.62. The van der Waals surface area contributed by atoms with Gasteiger partial charge in [0.1, 0.15) is 29.6 Å². The zero-order valence-electron chi connectivity index (χ0n) is 19.7. The zero-order valence-corrected chi connectivity index (χ0v) is 19.7. The fraction of sp³-hybridized carbons (Fsp3) is 0.185. The largest absolute Gasteiger partial charge is 0.494 e. The molecule has 180 valence electrons. The minimum absolute atomic E-state index is 0.123. The van der Waals surface area contributed by atoms with E-state index in [9.17, 15) is 9.59 Å². The number of methoxy groups -OCH3 is 2. The van der Waals surface area contributed by atoms with Gasteiger partial charge >= 0.3 is 0 Å². The Morgan fingerprint density at radius 3 is 2.17 bits per heavy atom. The van der Waals surface area contributed by atoms with Crippen molar-refractivity contribution in [3.63, 3.8) is 0 Å². The molecule has 8 heteroatoms. The number of anilines is 2. The lowest BCUT2D eigenvalue weighted by Gasteiger charge is -2.20. The fourth-order valence-electron chi connectivity index (χ4n) is 3.62. The minimum atomic E-state index is -0.348. The summed E-state index contributed by atoms with van der Waals surface area (Å²) in [7, 11) is 2.96. The van der Waals surface area contributed by atoms with Gasteiger partial charge in [-0.05, 0) is 43.3 Å². The highest BCUT2D eigenvalue weighted by Gasteiger charge is 2.21. The van der Waals surface area contributed by atoms with E-state index in [4.69, 9.17) is 18.9 Å². The average molecular weight is 475 g/mol. The van der Waals surface area contributed by atoms with Gasteiger partial charge in [0, 0.05) is 23.3 Å². The number of rotatable bonds is 8. The van der Waals surface area contributed by atoms with E-state index in [0.29, 0.717) is 52.1 Å². The van der Waals surface area contributed by atoms with E-state index >= 15 is 0 Å². The van der Waals surface area contributed by atoms with E-state index in [2.05, 4.69) is 10.6 Å². The summed E-state index contributed by atoms with van der Waals surface area (Å²) in [5, 5.41) is 5.68. The molecule has 0 saturated heterocycles. The van der Waals surface area contributed by atoms with Crippen LogP contribution in [0.15, 0.2) is 66.2 Å². The van der Waals surface area contributed by atoms with Crippen LogP contribution in [0.5, 0.6) is 23.0 Å². The summed E-state index contributed by atoms with van der Waals surface area (Å²) in [4.78, 5) is 25.7. The Morgan fingerprint density at radius 2 is 1.54 bits per heavy atom. The number of hydrogen-bond donors (Lipinski definition) is 2. The number of hydrogen-bond acceptors (Lipinski definition) is 6. The van der Waals surface area contributed by atoms with Crippen LogP contribution in [0.1, 0.15) is 22.8 Å². The molecule has 2 N–H and O–H groups in total. The van der Waals surface area contributed by atoms with Crippen molar-refractivity contribution in [2.24, 2.45) is 0 Å². The first-order valence-electron chi connectivity index (χ1n) is 11.1. The SMILES string of the molecule is CCOc1ccc2c(c1)C=C(C(=O)Nc1cc(OC)c(NC(=O)c3ccccc3)cc1OC)CO2. The summed E-state index contributed by atoms with van der Waals surface area (Å²) in [6, 6.07) is 17.5. The molecule has 0 saturated carbocycles. The molecule has 0 unspecified atom stereocenters. The van der Waals surface area contributed by atoms with Gasteiger partial charge in [0.25, 0.3) is 11.8 Å². The Balaban J connectivity index is 1.56. The summed E-state index contributed by atoms with van der Waals surface area (Å²) >= 11 is 0. The Hall–Kier alpha value is -4.46. The van der Waals surface area contributed by atoms with Gasteiger partial charge in [-0.15, -0.1) is 0 Å². The summed E-state index contributed by atoms with van der Waals surface area (Å²) in [6.45, 7) is 2.57. The lowest BCUT2D eigenvalue weighted by Crippen LogP contribution is -2.21. The summed E-state index contributed by atoms with van der Waals surface area (Å²) in [5.74, 6) is 1.47. The molecule has 3 aromatic rings. The lowest BCUT2D eigenvalue weighted by molar-refractivity contribution is -0.113. The number of nitrogens with one attached hydrogen (secondary N) is 2. The van der Waals surface area contributed by atoms with E-state index in [1.165, 1.54) is 14.2 Å². The van der Waals surface area contributed by atoms with Crippen molar-refractivity contribution in [2.45, 2.75) is 6.92 Å². The molecule has 1 aliphatic rings. The van der Waals surface area contributed by atoms with Gasteiger partial charge in [0.15, 0.2) is 0 Å². The third-order valence-electron chi connectivity index (χ3n) is 5.35. The lowest BCUT2D eigenvalue weighted by atomic mass is 10.1. The van der Waals surface area contributed by atoms with E-state index in [1.807, 2.05) is 31.2 Å². The van der Waals surface area contributed by atoms with Crippen LogP contribution in [0, 0.1) is 0 Å². The van der Waals surface area contributed by atoms with Crippen LogP contribution in [0.2, 0.25) is 0 Å². The minimum Gasteiger partial charge on any atom is -0.494 e. The molecule has 0 radical (unpaired) electrons. The molecule has 0 aliphatic carbocycles. The smallest absolute Gasteiger partial charge is 0.255 e. The number of benzene rings is 3. The Bertz CT molecular complexity index is 1270. The second kappa shape index (κ2) is 10.6. The number of fused-ring (bicyclic) bond motifs is 1. The highest BCUT2D eigenvalue weighted by atomic mass is 16.5. The highest BCUT2D eigenvalue weighted by Crippen LogP contribution is 2.37. The van der Waals surface area contributed by atoms with Crippen molar-refractivity contribution in [2.75, 3.05) is 38.1 Å². The van der Waals surface area contributed by atoms with Crippen LogP contribution in [0.25, 0.3) is 6.08 Å². The maximum Gasteiger partial charge on any atom is 0.255 e. The number of amides is 2. The predicted molar refractivity (Wildman–Crippen MR) is 134 cm³/mol. The molecule has 0 bridgehead atoms. The predicted octanol–water partition coefficient (Wildman–Crippen LogP) is 4.77. The molecule has 8 nitrogen and oxygen atoms in total. The molecule has 0 spiro atoms. The Morgan fingerprint density at radius 1 is 0.886 bits per heavy atom. The van der Waals surface area contributed by atoms with Gasteiger partial charge in [-0.1, -0.05) is 18.2 Å². The fourth-order valence-corrected chi connectivity index (χ4v) is 3.62. The number of ether oxygens (including phenoxy) is 4. The molecule has 0 aromatic heterocycles. The van der Waals surface area contributed by atoms with Crippen LogP contribution >= 0.6 is 0 Å². The highest BCUT2D eigenvalue weighted by molar-refractivity contribution is 6.09. The van der Waals surface area contributed by atoms with Crippen molar-refractivity contribution in [1.82, 2.24) is 0 Å². The number of carbonyl (C=O) groups excluding carboxylic acids is 2. The van der Waals surface area contributed by atoms with Gasteiger partial charge in [0.05, 0.1) is 37.8 Å². The molecule has 1 heterocycles. The quantitative estimate of drug-likeness (QED) is 0.488. The molecule has 0 fully saturated rings. The average Bonchev–Trinajstić information content (AvgIpc) is 2.89. The molecule has 35 heavy (non-hydrogen) atoms. The van der Waals surface area contributed by atoms with E-state index in [-0.39, 0.29) is 18.4 Å². The molecular formula is C27H26N2O6. The summed E-state index contributed by atoms with van der Waals surface area (Å²) in [6.07, 6.45) is 1.77. The van der Waals surface area contributed by atoms with Crippen molar-refractivity contribution in [3.05, 3.63) is 77.4 Å². The van der Waals surface area contributed by atoms with E-state index in [1.54, 1.807) is 42.5 Å². The van der Waals surface area contributed by atoms with Gasteiger partial charge in [0.2, 0.25) is 0 Å². The third kappa shape index (κ3) is 5.38. The van der Waals surface area contributed by atoms with Crippen LogP contribution < -0.4 is 29.6 Å². The second-order valence-electron chi connectivity index (χ2n) is 7.62. The van der Waals surface area contributed by atoms with Gasteiger partial charge < -0.3 is 29.6 Å². The maximum atomic E-state index is 13.0. The number of carbonyl (C=O) groups is 2. The molecule has 0 atom stereocenters. The summed E-state index contributed by atoms with van der Waals surface area (Å²) in [5.41, 5.74) is 2.50. The first-order valence-corrected chi connectivity index (χ1v) is 11.1. The van der Waals surface area contributed by atoms with Gasteiger partial charge in [-0.25, -0.2) is 0 Å². The van der Waals surface area contributed by atoms with Crippen molar-refractivity contribution < 1.29 is 28.5 Å². The molecule has 1 aliphatic heterocycles. The molecule has 3 aromatic carbocycles. The summed E-state index contributed by atoms with van der Waals surface area (Å²) < 4.78 is 22.2. The van der Waals surface area contributed by atoms with E-state index in [0.717, 1.165) is 5.56 Å². The Labute approximate surface area is 203 Å². The maximum absolute atomic E-state index is 13.0. The molecular weight excluding hydrogens is 448 g/mol. The first kappa shape index (κ1) is 23.7. The van der Waals surface area contributed by atoms with Gasteiger partial charge in [-0.2, -0.15) is 0 Å². The van der Waals surface area contributed by atoms with E-state index < -0.39 is 0 Å². The standard InChI is InChI=1S/C27H26N2O6/c1-4-34-20-10-11-23-18(13-20)12-19(16-35-23)27(31)29-22-15-24(32-2)21(14-25(22)33-3)28-26(30)17-8-6-5-7-9-17/h5-15H,4,16H2,1-3H3,(H,28,30)(H,29,31). The monoisotopic (exact) mass is 474 g/mol. The zero-order chi connectivity index (χ0) is 24.8. The normalized spacial score (nSPS) is 11.9.